The molecular weight excluding hydrogens is 574 g/mol. The first kappa shape index (κ1) is 29.1. The standard InChI is InChI=1S/C34H33N5O4S/c1-4-5-6-10-19-43-27-16-13-23(14-17-27)32-35-34-39(37-32)33(40)30(44-34)21-25-22-38(26-11-8-7-9-12-26)36-31(25)24-15-18-28(41-2)29(20-24)42-3/h7-9,11-18,20-22H,4-6,10,19H2,1-3H3/b30-21-. The molecule has 0 bridgehead atoms. The molecule has 0 amide bonds. The number of fused-ring (bicyclic) bond motifs is 1. The maximum atomic E-state index is 13.5. The van der Waals surface area contributed by atoms with E-state index in [0.29, 0.717) is 39.1 Å². The van der Waals surface area contributed by atoms with Gasteiger partial charge in [-0.05, 0) is 67.1 Å². The topological polar surface area (TPSA) is 92.8 Å². The third-order valence-electron chi connectivity index (χ3n) is 7.27. The largest absolute Gasteiger partial charge is 0.494 e. The van der Waals surface area contributed by atoms with Crippen molar-refractivity contribution in [1.29, 1.82) is 0 Å². The highest BCUT2D eigenvalue weighted by molar-refractivity contribution is 7.15. The molecular formula is C34H33N5O4S. The highest BCUT2D eigenvalue weighted by atomic mass is 32.1. The Morgan fingerprint density at radius 2 is 1.64 bits per heavy atom. The van der Waals surface area contributed by atoms with Gasteiger partial charge in [0.1, 0.15) is 11.4 Å². The lowest BCUT2D eigenvalue weighted by Gasteiger charge is -2.09. The van der Waals surface area contributed by atoms with E-state index in [1.165, 1.54) is 35.1 Å². The van der Waals surface area contributed by atoms with Gasteiger partial charge in [-0.15, -0.1) is 5.10 Å². The Bertz CT molecular complexity index is 1980. The molecule has 0 aliphatic rings. The van der Waals surface area contributed by atoms with Crippen molar-refractivity contribution in [2.24, 2.45) is 0 Å². The molecule has 3 heterocycles. The molecule has 6 rings (SSSR count). The van der Waals surface area contributed by atoms with Crippen LogP contribution in [0, 0.1) is 0 Å². The normalized spacial score (nSPS) is 11.8. The molecule has 0 radical (unpaired) electrons. The molecule has 0 aliphatic heterocycles. The summed E-state index contributed by atoms with van der Waals surface area (Å²) < 4.78 is 20.5. The van der Waals surface area contributed by atoms with E-state index in [2.05, 4.69) is 17.0 Å². The van der Waals surface area contributed by atoms with Crippen LogP contribution in [0.1, 0.15) is 38.2 Å². The summed E-state index contributed by atoms with van der Waals surface area (Å²) >= 11 is 1.29. The van der Waals surface area contributed by atoms with Crippen LogP contribution in [0.25, 0.3) is 39.4 Å². The van der Waals surface area contributed by atoms with Gasteiger partial charge in [-0.1, -0.05) is 55.7 Å². The second-order valence-corrected chi connectivity index (χ2v) is 11.3. The highest BCUT2D eigenvalue weighted by Gasteiger charge is 2.16. The van der Waals surface area contributed by atoms with E-state index in [-0.39, 0.29) is 5.56 Å². The van der Waals surface area contributed by atoms with Crippen LogP contribution in [-0.2, 0) is 0 Å². The Morgan fingerprint density at radius 3 is 2.36 bits per heavy atom. The monoisotopic (exact) mass is 607 g/mol. The van der Waals surface area contributed by atoms with Crippen molar-refractivity contribution >= 4 is 22.4 Å². The Hall–Kier alpha value is -4.96. The fourth-order valence-electron chi connectivity index (χ4n) is 4.93. The number of ether oxygens (including phenoxy) is 3. The molecule has 0 saturated carbocycles. The predicted octanol–water partition coefficient (Wildman–Crippen LogP) is 6.19. The van der Waals surface area contributed by atoms with Crippen molar-refractivity contribution in [3.05, 3.63) is 99.4 Å². The predicted molar refractivity (Wildman–Crippen MR) is 173 cm³/mol. The van der Waals surface area contributed by atoms with Crippen LogP contribution >= 0.6 is 11.3 Å². The third-order valence-corrected chi connectivity index (χ3v) is 8.23. The summed E-state index contributed by atoms with van der Waals surface area (Å²) in [6.45, 7) is 2.90. The zero-order valence-electron chi connectivity index (χ0n) is 24.9. The van der Waals surface area contributed by atoms with Crippen LogP contribution in [0.3, 0.4) is 0 Å². The molecule has 0 unspecified atom stereocenters. The lowest BCUT2D eigenvalue weighted by atomic mass is 10.1. The molecule has 9 nitrogen and oxygen atoms in total. The van der Waals surface area contributed by atoms with Crippen molar-refractivity contribution in [1.82, 2.24) is 24.4 Å². The van der Waals surface area contributed by atoms with E-state index in [0.717, 1.165) is 34.5 Å². The summed E-state index contributed by atoms with van der Waals surface area (Å²) in [4.78, 5) is 18.7. The van der Waals surface area contributed by atoms with Crippen LogP contribution < -0.4 is 24.3 Å². The van der Waals surface area contributed by atoms with Crippen LogP contribution in [0.5, 0.6) is 17.2 Å². The molecule has 0 saturated heterocycles. The summed E-state index contributed by atoms with van der Waals surface area (Å²) in [5, 5.41) is 9.42. The van der Waals surface area contributed by atoms with Crippen LogP contribution in [0.4, 0.5) is 0 Å². The molecule has 3 aromatic carbocycles. The summed E-state index contributed by atoms with van der Waals surface area (Å²) in [6, 6.07) is 23.2. The van der Waals surface area contributed by atoms with Crippen molar-refractivity contribution in [2.45, 2.75) is 32.6 Å². The number of aromatic nitrogens is 5. The van der Waals surface area contributed by atoms with Crippen LogP contribution in [0.2, 0.25) is 0 Å². The summed E-state index contributed by atoms with van der Waals surface area (Å²) in [5.41, 5.74) is 3.78. The number of unbranched alkanes of at least 4 members (excludes halogenated alkanes) is 3. The van der Waals surface area contributed by atoms with E-state index in [9.17, 15) is 4.79 Å². The SMILES string of the molecule is CCCCCCOc1ccc(-c2nc3s/c(=C\c4cn(-c5ccccc5)nc4-c4ccc(OC)c(OC)c4)c(=O)n3n2)cc1. The second kappa shape index (κ2) is 13.1. The van der Waals surface area contributed by atoms with Gasteiger partial charge in [0.2, 0.25) is 4.96 Å². The minimum absolute atomic E-state index is 0.235. The van der Waals surface area contributed by atoms with E-state index in [1.54, 1.807) is 18.9 Å². The third kappa shape index (κ3) is 6.07. The van der Waals surface area contributed by atoms with Gasteiger partial charge in [0, 0.05) is 22.9 Å². The van der Waals surface area contributed by atoms with Gasteiger partial charge in [-0.2, -0.15) is 14.6 Å². The summed E-state index contributed by atoms with van der Waals surface area (Å²) in [7, 11) is 3.20. The Labute approximate surface area is 259 Å². The number of nitrogens with zero attached hydrogens (tertiary/aromatic N) is 5. The van der Waals surface area contributed by atoms with E-state index in [4.69, 9.17) is 19.3 Å². The van der Waals surface area contributed by atoms with Crippen molar-refractivity contribution in [3.8, 4) is 45.6 Å². The first-order valence-electron chi connectivity index (χ1n) is 14.6. The smallest absolute Gasteiger partial charge is 0.291 e. The average molecular weight is 608 g/mol. The number of para-hydroxylation sites is 1. The Kier molecular flexibility index (Phi) is 8.69. The molecule has 0 N–H and O–H groups in total. The Morgan fingerprint density at radius 1 is 0.864 bits per heavy atom. The first-order valence-corrected chi connectivity index (χ1v) is 15.4. The molecule has 0 aliphatic carbocycles. The lowest BCUT2D eigenvalue weighted by Crippen LogP contribution is -2.23. The summed E-state index contributed by atoms with van der Waals surface area (Å²) in [6.07, 6.45) is 8.40. The molecule has 0 atom stereocenters. The van der Waals surface area contributed by atoms with Crippen molar-refractivity contribution < 1.29 is 14.2 Å². The minimum atomic E-state index is -0.235. The molecule has 0 fully saturated rings. The fraction of sp³-hybridized carbons (Fsp3) is 0.235. The average Bonchev–Trinajstić information content (AvgIpc) is 3.76. The Balaban J connectivity index is 1.32. The highest BCUT2D eigenvalue weighted by Crippen LogP contribution is 2.33. The second-order valence-electron chi connectivity index (χ2n) is 10.3. The van der Waals surface area contributed by atoms with Crippen molar-refractivity contribution in [2.75, 3.05) is 20.8 Å². The van der Waals surface area contributed by atoms with Crippen LogP contribution in [-0.4, -0.2) is 45.2 Å². The molecule has 6 aromatic rings. The number of hydrogen-bond acceptors (Lipinski definition) is 8. The summed E-state index contributed by atoms with van der Waals surface area (Å²) in [5.74, 6) is 2.52. The van der Waals surface area contributed by atoms with Crippen molar-refractivity contribution in [3.63, 3.8) is 0 Å². The molecule has 224 valence electrons. The van der Waals surface area contributed by atoms with Gasteiger partial charge in [0.05, 0.1) is 31.0 Å². The van der Waals surface area contributed by atoms with Gasteiger partial charge in [0.15, 0.2) is 17.3 Å². The zero-order chi connectivity index (χ0) is 30.5. The minimum Gasteiger partial charge on any atom is -0.494 e. The molecule has 3 aromatic heterocycles. The maximum Gasteiger partial charge on any atom is 0.291 e. The molecule has 10 heteroatoms. The lowest BCUT2D eigenvalue weighted by molar-refractivity contribution is 0.305. The zero-order valence-corrected chi connectivity index (χ0v) is 25.7. The van der Waals surface area contributed by atoms with E-state index in [1.807, 2.05) is 85.1 Å². The fourth-order valence-corrected chi connectivity index (χ4v) is 5.83. The number of rotatable bonds is 12. The number of methoxy groups -OCH3 is 2. The number of hydrogen-bond donors (Lipinski definition) is 0. The maximum absolute atomic E-state index is 13.5. The molecule has 44 heavy (non-hydrogen) atoms. The van der Waals surface area contributed by atoms with Gasteiger partial charge in [-0.3, -0.25) is 4.79 Å². The quantitative estimate of drug-likeness (QED) is 0.153. The van der Waals surface area contributed by atoms with Crippen LogP contribution in [0.15, 0.2) is 83.8 Å². The van der Waals surface area contributed by atoms with Gasteiger partial charge in [0.25, 0.3) is 5.56 Å². The van der Waals surface area contributed by atoms with Gasteiger partial charge >= 0.3 is 0 Å². The van der Waals surface area contributed by atoms with E-state index < -0.39 is 0 Å². The number of benzene rings is 3. The number of thiazole rings is 1. The van der Waals surface area contributed by atoms with Gasteiger partial charge < -0.3 is 14.2 Å². The van der Waals surface area contributed by atoms with Gasteiger partial charge in [-0.25, -0.2) is 4.68 Å². The van der Waals surface area contributed by atoms with E-state index >= 15 is 0 Å². The molecule has 0 spiro atoms. The first-order chi connectivity index (χ1) is 21.6.